The molecule has 2 N–H and O–H groups in total. The van der Waals surface area contributed by atoms with Crippen molar-refractivity contribution in [1.29, 1.82) is 0 Å². The fraction of sp³-hybridized carbons (Fsp3) is 0.643. The van der Waals surface area contributed by atoms with Crippen LogP contribution in [0.3, 0.4) is 0 Å². The number of carbonyl (C=O) groups is 2. The quantitative estimate of drug-likeness (QED) is 0.213. The largest absolute Gasteiger partial charge is 0.459 e. The highest BCUT2D eigenvalue weighted by atomic mass is 16.7. The Morgan fingerprint density at radius 3 is 2.64 bits per heavy atom. The molecule has 0 aromatic carbocycles. The number of methoxy groups -OCH3 is 1. The van der Waals surface area contributed by atoms with Crippen LogP contribution in [0.1, 0.15) is 60.8 Å². The van der Waals surface area contributed by atoms with Gasteiger partial charge in [0.25, 0.3) is 0 Å². The molecule has 0 radical (unpaired) electrons. The standard InChI is InChI=1S/C28H43NO7/c1-17(10-13-25-27(32)19(3)16-28(7,33-8)36-25)9-12-24-18(2)15-23(21(5)35-24)29-26(31)14-11-20(4)34-22(6)30/h9-11,13-14,18,20-21,23-25,27,32H,3,12,15-16H2,1-2,4-8H3,(H,29,31)/b13-10+,14-11-,17-9+/t18-,20-,21+,23+,24-,25+,27-,28-/m0/s1. The molecule has 0 unspecified atom stereocenters. The average Bonchev–Trinajstić information content (AvgIpc) is 2.80. The van der Waals surface area contributed by atoms with E-state index in [-0.39, 0.29) is 36.0 Å². The van der Waals surface area contributed by atoms with Gasteiger partial charge >= 0.3 is 5.97 Å². The van der Waals surface area contributed by atoms with Gasteiger partial charge in [-0.15, -0.1) is 0 Å². The Bertz CT molecular complexity index is 879. The molecule has 36 heavy (non-hydrogen) atoms. The van der Waals surface area contributed by atoms with Crippen LogP contribution in [0.5, 0.6) is 0 Å². The first-order chi connectivity index (χ1) is 16.8. The average molecular weight is 506 g/mol. The van der Waals surface area contributed by atoms with E-state index in [1.165, 1.54) is 13.0 Å². The van der Waals surface area contributed by atoms with Crippen molar-refractivity contribution >= 4 is 11.9 Å². The molecule has 0 spiro atoms. The van der Waals surface area contributed by atoms with Gasteiger partial charge in [0.1, 0.15) is 18.3 Å². The number of amides is 1. The fourth-order valence-electron chi connectivity index (χ4n) is 4.49. The summed E-state index contributed by atoms with van der Waals surface area (Å²) in [4.78, 5) is 23.3. The molecule has 2 aliphatic rings. The minimum Gasteiger partial charge on any atom is -0.459 e. The predicted octanol–water partition coefficient (Wildman–Crippen LogP) is 3.75. The summed E-state index contributed by atoms with van der Waals surface area (Å²) in [6, 6.07) is -0.101. The van der Waals surface area contributed by atoms with Gasteiger partial charge in [0.2, 0.25) is 5.91 Å². The third kappa shape index (κ3) is 9.00. The molecule has 0 aromatic heterocycles. The van der Waals surface area contributed by atoms with E-state index in [1.54, 1.807) is 20.1 Å². The Balaban J connectivity index is 1.88. The second-order valence-corrected chi connectivity index (χ2v) is 10.1. The van der Waals surface area contributed by atoms with Crippen LogP contribution in [-0.4, -0.2) is 66.4 Å². The number of hydrogen-bond donors (Lipinski definition) is 2. The summed E-state index contributed by atoms with van der Waals surface area (Å²) in [5.41, 5.74) is 1.73. The van der Waals surface area contributed by atoms with Gasteiger partial charge < -0.3 is 29.4 Å². The Hall–Kier alpha value is -2.26. The predicted molar refractivity (Wildman–Crippen MR) is 138 cm³/mol. The van der Waals surface area contributed by atoms with Gasteiger partial charge in [-0.05, 0) is 58.1 Å². The summed E-state index contributed by atoms with van der Waals surface area (Å²) < 4.78 is 22.6. The van der Waals surface area contributed by atoms with Crippen LogP contribution < -0.4 is 5.32 Å². The topological polar surface area (TPSA) is 103 Å². The first-order valence-corrected chi connectivity index (χ1v) is 12.6. The maximum Gasteiger partial charge on any atom is 0.303 e. The first-order valence-electron chi connectivity index (χ1n) is 12.6. The summed E-state index contributed by atoms with van der Waals surface area (Å²) in [6.07, 6.45) is 8.96. The minimum atomic E-state index is -0.799. The molecule has 2 saturated heterocycles. The molecule has 2 rings (SSSR count). The van der Waals surface area contributed by atoms with Gasteiger partial charge in [0.15, 0.2) is 5.79 Å². The smallest absolute Gasteiger partial charge is 0.303 e. The summed E-state index contributed by atoms with van der Waals surface area (Å²) in [7, 11) is 1.59. The molecule has 1 amide bonds. The van der Waals surface area contributed by atoms with Crippen LogP contribution in [0.25, 0.3) is 0 Å². The summed E-state index contributed by atoms with van der Waals surface area (Å²) in [5.74, 6) is -1.17. The van der Waals surface area contributed by atoms with Gasteiger partial charge in [-0.25, -0.2) is 0 Å². The molecule has 8 nitrogen and oxygen atoms in total. The van der Waals surface area contributed by atoms with Gasteiger partial charge in [-0.3, -0.25) is 9.59 Å². The Morgan fingerprint density at radius 2 is 2.00 bits per heavy atom. The van der Waals surface area contributed by atoms with Crippen LogP contribution in [0, 0.1) is 5.92 Å². The maximum atomic E-state index is 12.3. The monoisotopic (exact) mass is 505 g/mol. The minimum absolute atomic E-state index is 0.0316. The highest BCUT2D eigenvalue weighted by Gasteiger charge is 2.39. The number of rotatable bonds is 9. The molecule has 2 aliphatic heterocycles. The Morgan fingerprint density at radius 1 is 1.31 bits per heavy atom. The van der Waals surface area contributed by atoms with E-state index < -0.39 is 24.1 Å². The number of ether oxygens (including phenoxy) is 4. The second-order valence-electron chi connectivity index (χ2n) is 10.1. The second kappa shape index (κ2) is 13.3. The van der Waals surface area contributed by atoms with Gasteiger partial charge in [0, 0.05) is 26.5 Å². The Labute approximate surface area is 215 Å². The van der Waals surface area contributed by atoms with Crippen molar-refractivity contribution in [3.8, 4) is 0 Å². The highest BCUT2D eigenvalue weighted by molar-refractivity contribution is 5.87. The number of allylic oxidation sites excluding steroid dienone is 2. The van der Waals surface area contributed by atoms with E-state index in [0.29, 0.717) is 12.0 Å². The number of aliphatic hydroxyl groups excluding tert-OH is 1. The molecule has 0 aromatic rings. The molecular weight excluding hydrogens is 462 g/mol. The van der Waals surface area contributed by atoms with Crippen molar-refractivity contribution < 1.29 is 33.6 Å². The van der Waals surface area contributed by atoms with Crippen molar-refractivity contribution in [1.82, 2.24) is 5.32 Å². The number of carbonyl (C=O) groups excluding carboxylic acids is 2. The van der Waals surface area contributed by atoms with Gasteiger partial charge in [-0.2, -0.15) is 0 Å². The molecule has 202 valence electrons. The Kier molecular flexibility index (Phi) is 11.1. The number of aliphatic hydroxyl groups is 1. The molecule has 8 heteroatoms. The summed E-state index contributed by atoms with van der Waals surface area (Å²) >= 11 is 0. The summed E-state index contributed by atoms with van der Waals surface area (Å²) in [5, 5.41) is 13.4. The molecule has 2 heterocycles. The van der Waals surface area contributed by atoms with E-state index in [4.69, 9.17) is 18.9 Å². The van der Waals surface area contributed by atoms with Crippen molar-refractivity contribution in [2.24, 2.45) is 5.92 Å². The van der Waals surface area contributed by atoms with Crippen LogP contribution >= 0.6 is 0 Å². The third-order valence-corrected chi connectivity index (χ3v) is 6.73. The van der Waals surface area contributed by atoms with Crippen LogP contribution in [0.15, 0.2) is 48.1 Å². The molecule has 0 saturated carbocycles. The van der Waals surface area contributed by atoms with Crippen molar-refractivity contribution in [2.45, 2.75) is 103 Å². The molecule has 8 atom stereocenters. The number of esters is 1. The lowest BCUT2D eigenvalue weighted by molar-refractivity contribution is -0.253. The van der Waals surface area contributed by atoms with Gasteiger partial charge in [-0.1, -0.05) is 37.3 Å². The molecule has 0 aliphatic carbocycles. The van der Waals surface area contributed by atoms with E-state index in [9.17, 15) is 14.7 Å². The lowest BCUT2D eigenvalue weighted by Crippen LogP contribution is -2.50. The van der Waals surface area contributed by atoms with E-state index in [0.717, 1.165) is 18.4 Å². The zero-order valence-electron chi connectivity index (χ0n) is 22.7. The number of hydrogen-bond acceptors (Lipinski definition) is 7. The highest BCUT2D eigenvalue weighted by Crippen LogP contribution is 2.33. The van der Waals surface area contributed by atoms with E-state index in [1.807, 2.05) is 32.9 Å². The lowest BCUT2D eigenvalue weighted by Gasteiger charge is -2.40. The molecular formula is C28H43NO7. The van der Waals surface area contributed by atoms with Crippen LogP contribution in [0.2, 0.25) is 0 Å². The summed E-state index contributed by atoms with van der Waals surface area (Å²) in [6.45, 7) is 14.9. The maximum absolute atomic E-state index is 12.3. The van der Waals surface area contributed by atoms with E-state index in [2.05, 4.69) is 24.9 Å². The van der Waals surface area contributed by atoms with Crippen molar-refractivity contribution in [3.05, 3.63) is 48.1 Å². The lowest BCUT2D eigenvalue weighted by atomic mass is 9.88. The molecule has 0 bridgehead atoms. The van der Waals surface area contributed by atoms with Crippen LogP contribution in [-0.2, 0) is 28.5 Å². The SMILES string of the molecule is C=C1C[C@@](C)(OC)O[C@H](/C=C/C(C)=C/C[C@@H]2O[C@H](C)[C@H](NC(=O)/C=C\[C@H](C)OC(C)=O)C[C@@H]2C)[C@H]1O. The van der Waals surface area contributed by atoms with Crippen molar-refractivity contribution in [3.63, 3.8) is 0 Å². The first kappa shape index (κ1) is 30.0. The zero-order valence-corrected chi connectivity index (χ0v) is 22.7. The fourth-order valence-corrected chi connectivity index (χ4v) is 4.49. The molecule has 2 fully saturated rings. The third-order valence-electron chi connectivity index (χ3n) is 6.73. The van der Waals surface area contributed by atoms with E-state index >= 15 is 0 Å². The zero-order chi connectivity index (χ0) is 27.0. The van der Waals surface area contributed by atoms with Gasteiger partial charge in [0.05, 0.1) is 18.2 Å². The number of nitrogens with one attached hydrogen (secondary N) is 1. The normalized spacial score (nSPS) is 34.7. The van der Waals surface area contributed by atoms with Crippen LogP contribution in [0.4, 0.5) is 0 Å². The van der Waals surface area contributed by atoms with Crippen molar-refractivity contribution in [2.75, 3.05) is 7.11 Å².